The van der Waals surface area contributed by atoms with Gasteiger partial charge in [-0.25, -0.2) is 0 Å². The number of anilines is 1. The van der Waals surface area contributed by atoms with Gasteiger partial charge in [-0.2, -0.15) is 0 Å². The molecule has 0 saturated carbocycles. The van der Waals surface area contributed by atoms with Crippen molar-refractivity contribution in [2.45, 2.75) is 19.9 Å². The number of carbonyl (C=O) groups excluding carboxylic acids is 1. The van der Waals surface area contributed by atoms with Gasteiger partial charge in [0.1, 0.15) is 0 Å². The number of aromatic nitrogens is 1. The fourth-order valence-electron chi connectivity index (χ4n) is 2.32. The molecule has 24 heavy (non-hydrogen) atoms. The van der Waals surface area contributed by atoms with E-state index in [9.17, 15) is 9.59 Å². The summed E-state index contributed by atoms with van der Waals surface area (Å²) in [5.74, 6) is -0.287. The number of hydrogen-bond acceptors (Lipinski definition) is 4. The first kappa shape index (κ1) is 18.0. The van der Waals surface area contributed by atoms with E-state index in [1.807, 2.05) is 6.92 Å². The Labute approximate surface area is 144 Å². The Balaban J connectivity index is 2.11. The van der Waals surface area contributed by atoms with Crippen LogP contribution in [-0.2, 0) is 17.8 Å². The van der Waals surface area contributed by atoms with Crippen LogP contribution >= 0.6 is 11.6 Å². The van der Waals surface area contributed by atoms with Crippen molar-refractivity contribution in [1.82, 2.24) is 4.57 Å². The van der Waals surface area contributed by atoms with Gasteiger partial charge in [0.05, 0.1) is 23.0 Å². The molecular formula is C17H19ClN2O4. The number of ether oxygens (including phenoxy) is 1. The van der Waals surface area contributed by atoms with E-state index < -0.39 is 5.91 Å². The van der Waals surface area contributed by atoms with Crippen LogP contribution in [0.25, 0.3) is 0 Å². The van der Waals surface area contributed by atoms with Crippen LogP contribution in [0.5, 0.6) is 5.75 Å². The fourth-order valence-corrected chi connectivity index (χ4v) is 2.50. The van der Waals surface area contributed by atoms with E-state index >= 15 is 0 Å². The van der Waals surface area contributed by atoms with Gasteiger partial charge in [-0.3, -0.25) is 9.59 Å². The number of carbonyl (C=O) groups is 1. The van der Waals surface area contributed by atoms with Crippen LogP contribution in [0.3, 0.4) is 0 Å². The Hall–Kier alpha value is -2.31. The molecule has 1 amide bonds. The summed E-state index contributed by atoms with van der Waals surface area (Å²) in [5, 5.41) is 12.1. The first-order valence-electron chi connectivity index (χ1n) is 7.57. The topological polar surface area (TPSA) is 80.6 Å². The molecule has 1 aromatic heterocycles. The van der Waals surface area contributed by atoms with Gasteiger partial charge < -0.3 is 19.7 Å². The van der Waals surface area contributed by atoms with Crippen molar-refractivity contribution in [3.8, 4) is 5.75 Å². The number of nitrogens with zero attached hydrogens (tertiary/aromatic N) is 1. The Bertz CT molecular complexity index is 773. The fraction of sp³-hybridized carbons (Fsp3) is 0.294. The highest BCUT2D eigenvalue weighted by Gasteiger charge is 2.13. The minimum absolute atomic E-state index is 0.0533. The van der Waals surface area contributed by atoms with E-state index in [1.54, 1.807) is 35.0 Å². The third-order valence-electron chi connectivity index (χ3n) is 3.41. The number of benzene rings is 1. The van der Waals surface area contributed by atoms with Crippen molar-refractivity contribution in [3.05, 3.63) is 57.5 Å². The highest BCUT2D eigenvalue weighted by Crippen LogP contribution is 2.20. The maximum atomic E-state index is 12.0. The molecule has 0 saturated heterocycles. The van der Waals surface area contributed by atoms with Crippen LogP contribution in [0.4, 0.5) is 5.69 Å². The SMILES string of the molecule is CCc1c(OCC(=O)Nc2ccccc2Cl)c(=O)ccn1CCO. The summed E-state index contributed by atoms with van der Waals surface area (Å²) in [7, 11) is 0. The van der Waals surface area contributed by atoms with Crippen LogP contribution in [0.2, 0.25) is 5.02 Å². The molecule has 0 fully saturated rings. The Kier molecular flexibility index (Phi) is 6.40. The van der Waals surface area contributed by atoms with Gasteiger partial charge in [-0.1, -0.05) is 30.7 Å². The predicted octanol–water partition coefficient (Wildman–Crippen LogP) is 2.07. The number of amides is 1. The smallest absolute Gasteiger partial charge is 0.262 e. The molecule has 0 unspecified atom stereocenters. The lowest BCUT2D eigenvalue weighted by Crippen LogP contribution is -2.24. The largest absolute Gasteiger partial charge is 0.478 e. The second-order valence-electron chi connectivity index (χ2n) is 5.04. The van der Waals surface area contributed by atoms with Crippen LogP contribution in [0, 0.1) is 0 Å². The van der Waals surface area contributed by atoms with Crippen molar-refractivity contribution < 1.29 is 14.6 Å². The first-order valence-corrected chi connectivity index (χ1v) is 7.95. The van der Waals surface area contributed by atoms with Gasteiger partial charge in [-0.05, 0) is 18.6 Å². The number of aliphatic hydroxyl groups is 1. The molecule has 0 radical (unpaired) electrons. The molecule has 0 aliphatic rings. The molecule has 1 heterocycles. The van der Waals surface area contributed by atoms with Crippen LogP contribution < -0.4 is 15.5 Å². The second kappa shape index (κ2) is 8.52. The van der Waals surface area contributed by atoms with Gasteiger partial charge in [-0.15, -0.1) is 0 Å². The van der Waals surface area contributed by atoms with Crippen molar-refractivity contribution in [2.75, 3.05) is 18.5 Å². The summed E-state index contributed by atoms with van der Waals surface area (Å²) in [5.41, 5.74) is 0.822. The molecule has 0 spiro atoms. The molecule has 0 bridgehead atoms. The van der Waals surface area contributed by atoms with Crippen LogP contribution in [0.1, 0.15) is 12.6 Å². The van der Waals surface area contributed by atoms with Gasteiger partial charge >= 0.3 is 0 Å². The van der Waals surface area contributed by atoms with Gasteiger partial charge in [0.15, 0.2) is 12.4 Å². The number of pyridine rings is 1. The zero-order valence-corrected chi connectivity index (χ0v) is 14.0. The number of aliphatic hydroxyl groups excluding tert-OH is 1. The molecule has 0 atom stereocenters. The molecule has 128 valence electrons. The maximum Gasteiger partial charge on any atom is 0.262 e. The number of rotatable bonds is 7. The van der Waals surface area contributed by atoms with Crippen molar-refractivity contribution >= 4 is 23.2 Å². The summed E-state index contributed by atoms with van der Waals surface area (Å²) in [6.45, 7) is 1.86. The Morgan fingerprint density at radius 3 is 2.75 bits per heavy atom. The van der Waals surface area contributed by atoms with Crippen LogP contribution in [-0.4, -0.2) is 28.8 Å². The van der Waals surface area contributed by atoms with E-state index in [0.717, 1.165) is 0 Å². The van der Waals surface area contributed by atoms with E-state index in [1.165, 1.54) is 6.07 Å². The lowest BCUT2D eigenvalue weighted by Gasteiger charge is -2.15. The lowest BCUT2D eigenvalue weighted by molar-refractivity contribution is -0.118. The summed E-state index contributed by atoms with van der Waals surface area (Å²) in [4.78, 5) is 24.0. The predicted molar refractivity (Wildman–Crippen MR) is 92.7 cm³/mol. The number of halogens is 1. The molecular weight excluding hydrogens is 332 g/mol. The Morgan fingerprint density at radius 2 is 2.08 bits per heavy atom. The van der Waals surface area contributed by atoms with Crippen molar-refractivity contribution in [3.63, 3.8) is 0 Å². The standard InChI is InChI=1S/C17H19ClN2O4/c1-2-14-17(15(22)7-8-20(14)9-10-21)24-11-16(23)19-13-6-4-3-5-12(13)18/h3-8,21H,2,9-11H2,1H3,(H,19,23). The molecule has 2 rings (SSSR count). The van der Waals surface area contributed by atoms with E-state index in [2.05, 4.69) is 5.32 Å². The van der Waals surface area contributed by atoms with Gasteiger partial charge in [0.2, 0.25) is 5.43 Å². The third kappa shape index (κ3) is 4.37. The highest BCUT2D eigenvalue weighted by atomic mass is 35.5. The van der Waals surface area contributed by atoms with Crippen LogP contribution in [0.15, 0.2) is 41.3 Å². The Morgan fingerprint density at radius 1 is 1.33 bits per heavy atom. The summed E-state index contributed by atoms with van der Waals surface area (Å²) in [6, 6.07) is 8.21. The second-order valence-corrected chi connectivity index (χ2v) is 5.45. The number of hydrogen-bond donors (Lipinski definition) is 2. The summed E-state index contributed by atoms with van der Waals surface area (Å²) >= 11 is 5.98. The summed E-state index contributed by atoms with van der Waals surface area (Å²) in [6.07, 6.45) is 2.14. The molecule has 6 nitrogen and oxygen atoms in total. The summed E-state index contributed by atoms with van der Waals surface area (Å²) < 4.78 is 7.19. The van der Waals surface area contributed by atoms with Gasteiger partial charge in [0.25, 0.3) is 5.91 Å². The van der Waals surface area contributed by atoms with E-state index in [0.29, 0.717) is 29.4 Å². The zero-order chi connectivity index (χ0) is 17.5. The van der Waals surface area contributed by atoms with E-state index in [-0.39, 0.29) is 24.4 Å². The molecule has 7 heteroatoms. The van der Waals surface area contributed by atoms with Gasteiger partial charge in [0, 0.05) is 18.8 Å². The molecule has 1 aromatic carbocycles. The minimum atomic E-state index is -0.415. The molecule has 0 aliphatic carbocycles. The first-order chi connectivity index (χ1) is 11.6. The average Bonchev–Trinajstić information content (AvgIpc) is 2.57. The van der Waals surface area contributed by atoms with E-state index in [4.69, 9.17) is 21.4 Å². The minimum Gasteiger partial charge on any atom is -0.478 e. The molecule has 2 N–H and O–H groups in total. The number of para-hydroxylation sites is 1. The lowest BCUT2D eigenvalue weighted by atomic mass is 10.2. The van der Waals surface area contributed by atoms with Crippen molar-refractivity contribution in [2.24, 2.45) is 0 Å². The zero-order valence-electron chi connectivity index (χ0n) is 13.3. The highest BCUT2D eigenvalue weighted by molar-refractivity contribution is 6.33. The van der Waals surface area contributed by atoms with Crippen molar-refractivity contribution in [1.29, 1.82) is 0 Å². The maximum absolute atomic E-state index is 12.0. The quantitative estimate of drug-likeness (QED) is 0.801. The average molecular weight is 351 g/mol. The molecule has 0 aliphatic heterocycles. The monoisotopic (exact) mass is 350 g/mol. The third-order valence-corrected chi connectivity index (χ3v) is 3.74. The normalized spacial score (nSPS) is 10.5. The number of nitrogens with one attached hydrogen (secondary N) is 1. The molecule has 2 aromatic rings.